The molecule has 10 heteroatoms. The molecule has 0 saturated heterocycles. The molecule has 0 saturated carbocycles. The topological polar surface area (TPSA) is 99.3 Å². The summed E-state index contributed by atoms with van der Waals surface area (Å²) in [7, 11) is 0. The minimum atomic E-state index is -0.458. The van der Waals surface area contributed by atoms with E-state index in [0.29, 0.717) is 22.3 Å². The van der Waals surface area contributed by atoms with Gasteiger partial charge < -0.3 is 10.1 Å². The SMILES string of the molecule is O=C(COc1ccc(Cl)cc1)Nc1c2c(nn1-c1ccc([N+](=O)[O-])cc1)CSC2. The lowest BCUT2D eigenvalue weighted by Gasteiger charge is -2.11. The zero-order valence-electron chi connectivity index (χ0n) is 15.0. The molecule has 1 aliphatic heterocycles. The van der Waals surface area contributed by atoms with Crippen LogP contribution >= 0.6 is 23.4 Å². The molecule has 0 radical (unpaired) electrons. The lowest BCUT2D eigenvalue weighted by Crippen LogP contribution is -2.22. The molecule has 0 atom stereocenters. The van der Waals surface area contributed by atoms with Gasteiger partial charge in [-0.15, -0.1) is 0 Å². The first-order valence-electron chi connectivity index (χ1n) is 8.63. The number of nitrogens with one attached hydrogen (secondary N) is 1. The fraction of sp³-hybridized carbons (Fsp3) is 0.158. The number of anilines is 1. The first kappa shape index (κ1) is 19.3. The zero-order valence-corrected chi connectivity index (χ0v) is 16.6. The normalized spacial score (nSPS) is 12.4. The van der Waals surface area contributed by atoms with Gasteiger partial charge in [0.15, 0.2) is 6.61 Å². The Labute approximate surface area is 175 Å². The maximum Gasteiger partial charge on any atom is 0.269 e. The summed E-state index contributed by atoms with van der Waals surface area (Å²) in [5.41, 5.74) is 2.46. The number of nitro benzene ring substituents is 1. The third kappa shape index (κ3) is 4.20. The van der Waals surface area contributed by atoms with Crippen molar-refractivity contribution in [2.45, 2.75) is 11.5 Å². The second kappa shape index (κ2) is 8.14. The van der Waals surface area contributed by atoms with Crippen LogP contribution in [0, 0.1) is 10.1 Å². The lowest BCUT2D eigenvalue weighted by molar-refractivity contribution is -0.384. The highest BCUT2D eigenvalue weighted by molar-refractivity contribution is 7.98. The molecule has 1 aliphatic rings. The van der Waals surface area contributed by atoms with Gasteiger partial charge in [-0.25, -0.2) is 4.68 Å². The van der Waals surface area contributed by atoms with Crippen molar-refractivity contribution in [2.24, 2.45) is 0 Å². The number of hydrogen-bond donors (Lipinski definition) is 1. The lowest BCUT2D eigenvalue weighted by atomic mass is 10.2. The Bertz CT molecular complexity index is 1070. The van der Waals surface area contributed by atoms with Crippen LogP contribution in [0.15, 0.2) is 48.5 Å². The number of ether oxygens (including phenoxy) is 1. The van der Waals surface area contributed by atoms with Crippen LogP contribution in [0.3, 0.4) is 0 Å². The number of non-ortho nitro benzene ring substituents is 1. The number of benzene rings is 2. The second-order valence-electron chi connectivity index (χ2n) is 6.24. The summed E-state index contributed by atoms with van der Waals surface area (Å²) in [5.74, 6) is 2.25. The average Bonchev–Trinajstić information content (AvgIpc) is 3.30. The summed E-state index contributed by atoms with van der Waals surface area (Å²) in [5, 5.41) is 18.9. The predicted octanol–water partition coefficient (Wildman–Crippen LogP) is 4.20. The Hall–Kier alpha value is -3.04. The number of rotatable bonds is 6. The molecule has 0 spiro atoms. The van der Waals surface area contributed by atoms with Gasteiger partial charge in [-0.05, 0) is 36.4 Å². The van der Waals surface area contributed by atoms with Crippen LogP contribution in [0.5, 0.6) is 5.75 Å². The molecule has 2 aromatic carbocycles. The van der Waals surface area contributed by atoms with Crippen molar-refractivity contribution < 1.29 is 14.5 Å². The molecule has 0 bridgehead atoms. The quantitative estimate of drug-likeness (QED) is 0.464. The Morgan fingerprint density at radius 1 is 1.21 bits per heavy atom. The van der Waals surface area contributed by atoms with Crippen molar-refractivity contribution in [1.82, 2.24) is 9.78 Å². The minimum Gasteiger partial charge on any atom is -0.484 e. The van der Waals surface area contributed by atoms with Gasteiger partial charge in [0, 0.05) is 34.2 Å². The van der Waals surface area contributed by atoms with Gasteiger partial charge >= 0.3 is 0 Å². The van der Waals surface area contributed by atoms with Gasteiger partial charge in [-0.3, -0.25) is 14.9 Å². The van der Waals surface area contributed by atoms with Crippen molar-refractivity contribution in [2.75, 3.05) is 11.9 Å². The first-order valence-corrected chi connectivity index (χ1v) is 10.2. The summed E-state index contributed by atoms with van der Waals surface area (Å²) >= 11 is 7.55. The van der Waals surface area contributed by atoms with E-state index in [2.05, 4.69) is 10.4 Å². The molecule has 3 aromatic rings. The smallest absolute Gasteiger partial charge is 0.269 e. The monoisotopic (exact) mass is 430 g/mol. The number of carbonyl (C=O) groups is 1. The van der Waals surface area contributed by atoms with Gasteiger partial charge in [0.05, 0.1) is 16.3 Å². The number of nitro groups is 1. The Morgan fingerprint density at radius 2 is 1.93 bits per heavy atom. The van der Waals surface area contributed by atoms with Crippen LogP contribution < -0.4 is 10.1 Å². The molecule has 1 N–H and O–H groups in total. The highest BCUT2D eigenvalue weighted by atomic mass is 35.5. The molecule has 148 valence electrons. The predicted molar refractivity (Wildman–Crippen MR) is 111 cm³/mol. The molecular formula is C19H15ClN4O4S. The molecule has 1 aromatic heterocycles. The van der Waals surface area contributed by atoms with Crippen molar-refractivity contribution in [3.05, 3.63) is 74.9 Å². The van der Waals surface area contributed by atoms with E-state index in [1.54, 1.807) is 52.8 Å². The Morgan fingerprint density at radius 3 is 2.62 bits per heavy atom. The Kier molecular flexibility index (Phi) is 5.41. The van der Waals surface area contributed by atoms with Crippen LogP contribution in [0.1, 0.15) is 11.3 Å². The Balaban J connectivity index is 1.54. The van der Waals surface area contributed by atoms with Gasteiger partial charge in [0.25, 0.3) is 11.6 Å². The summed E-state index contributed by atoms with van der Waals surface area (Å²) in [6.07, 6.45) is 0. The number of fused-ring (bicyclic) bond motifs is 1. The van der Waals surface area contributed by atoms with Crippen molar-refractivity contribution >= 4 is 40.8 Å². The van der Waals surface area contributed by atoms with Crippen LogP contribution in [0.25, 0.3) is 5.69 Å². The van der Waals surface area contributed by atoms with Crippen molar-refractivity contribution in [3.8, 4) is 11.4 Å². The van der Waals surface area contributed by atoms with Gasteiger partial charge in [0.2, 0.25) is 0 Å². The standard InChI is InChI=1S/C19H15ClN4O4S/c20-12-1-7-15(8-2-12)28-9-18(25)21-19-16-10-29-11-17(16)22-23(19)13-3-5-14(6-4-13)24(26)27/h1-8H,9-11H2,(H,21,25). The zero-order chi connectivity index (χ0) is 20.4. The van der Waals surface area contributed by atoms with Crippen LogP contribution in [0.2, 0.25) is 5.02 Å². The van der Waals surface area contributed by atoms with E-state index >= 15 is 0 Å². The van der Waals surface area contributed by atoms with E-state index in [1.807, 2.05) is 0 Å². The maximum absolute atomic E-state index is 12.5. The fourth-order valence-electron chi connectivity index (χ4n) is 2.89. The van der Waals surface area contributed by atoms with E-state index in [9.17, 15) is 14.9 Å². The molecule has 0 unspecified atom stereocenters. The van der Waals surface area contributed by atoms with Crippen molar-refractivity contribution in [3.63, 3.8) is 0 Å². The third-order valence-corrected chi connectivity index (χ3v) is 5.52. The average molecular weight is 431 g/mol. The highest BCUT2D eigenvalue weighted by Crippen LogP contribution is 2.36. The molecular weight excluding hydrogens is 416 g/mol. The summed E-state index contributed by atoms with van der Waals surface area (Å²) in [4.78, 5) is 22.9. The molecule has 0 fully saturated rings. The summed E-state index contributed by atoms with van der Waals surface area (Å²) < 4.78 is 7.10. The number of thioether (sulfide) groups is 1. The number of halogens is 1. The van der Waals surface area contributed by atoms with Gasteiger partial charge in [-0.2, -0.15) is 16.9 Å². The van der Waals surface area contributed by atoms with Crippen LogP contribution in [-0.4, -0.2) is 27.2 Å². The van der Waals surface area contributed by atoms with E-state index < -0.39 is 4.92 Å². The van der Waals surface area contributed by atoms with E-state index in [1.165, 1.54) is 12.1 Å². The summed E-state index contributed by atoms with van der Waals surface area (Å²) in [6.45, 7) is -0.172. The molecule has 0 aliphatic carbocycles. The second-order valence-corrected chi connectivity index (χ2v) is 7.66. The third-order valence-electron chi connectivity index (χ3n) is 4.30. The van der Waals surface area contributed by atoms with Gasteiger partial charge in [-0.1, -0.05) is 11.6 Å². The van der Waals surface area contributed by atoms with E-state index in [4.69, 9.17) is 16.3 Å². The van der Waals surface area contributed by atoms with Crippen LogP contribution in [-0.2, 0) is 16.3 Å². The van der Waals surface area contributed by atoms with Gasteiger partial charge in [0.1, 0.15) is 11.6 Å². The molecule has 2 heterocycles. The number of aromatic nitrogens is 2. The molecule has 1 amide bonds. The van der Waals surface area contributed by atoms with Crippen molar-refractivity contribution in [1.29, 1.82) is 0 Å². The largest absolute Gasteiger partial charge is 0.484 e. The first-order chi connectivity index (χ1) is 14.0. The number of nitrogens with zero attached hydrogens (tertiary/aromatic N) is 3. The number of amides is 1. The maximum atomic E-state index is 12.5. The number of hydrogen-bond acceptors (Lipinski definition) is 6. The number of carbonyl (C=O) groups excluding carboxylic acids is 1. The van der Waals surface area contributed by atoms with E-state index in [0.717, 1.165) is 22.8 Å². The highest BCUT2D eigenvalue weighted by Gasteiger charge is 2.25. The molecule has 8 nitrogen and oxygen atoms in total. The molecule has 4 rings (SSSR count). The fourth-order valence-corrected chi connectivity index (χ4v) is 4.05. The van der Waals surface area contributed by atoms with Crippen LogP contribution in [0.4, 0.5) is 11.5 Å². The minimum absolute atomic E-state index is 0.00838. The molecule has 29 heavy (non-hydrogen) atoms. The van der Waals surface area contributed by atoms with E-state index in [-0.39, 0.29) is 18.2 Å². The summed E-state index contributed by atoms with van der Waals surface area (Å²) in [6, 6.07) is 12.8.